The molecule has 0 aliphatic heterocycles. The van der Waals surface area contributed by atoms with Crippen LogP contribution >= 0.6 is 0 Å². The number of fused-ring (bicyclic) bond motifs is 1. The average molecular weight is 321 g/mol. The molecule has 0 atom stereocenters. The van der Waals surface area contributed by atoms with Gasteiger partial charge in [-0.3, -0.25) is 5.43 Å². The van der Waals surface area contributed by atoms with Gasteiger partial charge in [-0.15, -0.1) is 0 Å². The summed E-state index contributed by atoms with van der Waals surface area (Å²) < 4.78 is 0. The van der Waals surface area contributed by atoms with E-state index < -0.39 is 0 Å². The Balaban J connectivity index is 1.89. The first-order valence-corrected chi connectivity index (χ1v) is 7.63. The lowest BCUT2D eigenvalue weighted by Crippen LogP contribution is -1.97. The summed E-state index contributed by atoms with van der Waals surface area (Å²) in [6, 6.07) is 10.5. The summed E-state index contributed by atoms with van der Waals surface area (Å²) in [4.78, 5) is 4.62. The van der Waals surface area contributed by atoms with Crippen molar-refractivity contribution in [1.82, 2.24) is 4.98 Å². The normalized spacial score (nSPS) is 11.3. The van der Waals surface area contributed by atoms with E-state index in [4.69, 9.17) is 0 Å². The summed E-state index contributed by atoms with van der Waals surface area (Å²) in [6.45, 7) is 6.17. The smallest absolute Gasteiger partial charge is 0.147 e. The zero-order valence-corrected chi connectivity index (χ0v) is 13.8. The molecular weight excluding hydrogens is 302 g/mol. The highest BCUT2D eigenvalue weighted by molar-refractivity contribution is 5.87. The number of nitrogens with one attached hydrogen (secondary N) is 1. The second kappa shape index (κ2) is 6.20. The Labute approximate surface area is 140 Å². The topological polar surface area (TPSA) is 77.7 Å². The summed E-state index contributed by atoms with van der Waals surface area (Å²) >= 11 is 0. The fourth-order valence-corrected chi connectivity index (χ4v) is 2.71. The quantitative estimate of drug-likeness (QED) is 0.503. The maximum atomic E-state index is 9.74. The number of hydrogen-bond donors (Lipinski definition) is 3. The molecule has 1 heterocycles. The molecule has 0 saturated carbocycles. The second-order valence-electron chi connectivity index (χ2n) is 5.92. The summed E-state index contributed by atoms with van der Waals surface area (Å²) in [6.07, 6.45) is 1.48. The maximum Gasteiger partial charge on any atom is 0.147 e. The minimum atomic E-state index is -0.0329. The Hall–Kier alpha value is -3.08. The van der Waals surface area contributed by atoms with Gasteiger partial charge in [-0.1, -0.05) is 11.6 Å². The number of aromatic hydroxyl groups is 2. The number of hydrazone groups is 1. The second-order valence-corrected chi connectivity index (χ2v) is 5.92. The number of aromatic nitrogens is 1. The van der Waals surface area contributed by atoms with Crippen LogP contribution < -0.4 is 5.43 Å². The van der Waals surface area contributed by atoms with Crippen molar-refractivity contribution in [2.24, 2.45) is 5.10 Å². The number of anilines is 1. The molecule has 0 unspecified atom stereocenters. The largest absolute Gasteiger partial charge is 0.508 e. The van der Waals surface area contributed by atoms with Crippen molar-refractivity contribution < 1.29 is 10.2 Å². The van der Waals surface area contributed by atoms with Crippen molar-refractivity contribution in [2.45, 2.75) is 20.8 Å². The van der Waals surface area contributed by atoms with E-state index in [1.54, 1.807) is 6.07 Å². The van der Waals surface area contributed by atoms with Crippen LogP contribution in [-0.2, 0) is 0 Å². The van der Waals surface area contributed by atoms with Gasteiger partial charge in [0.25, 0.3) is 0 Å². The minimum Gasteiger partial charge on any atom is -0.508 e. The van der Waals surface area contributed by atoms with E-state index in [9.17, 15) is 10.2 Å². The number of nitrogens with zero attached hydrogens (tertiary/aromatic N) is 2. The first-order valence-electron chi connectivity index (χ1n) is 7.63. The number of hydrogen-bond acceptors (Lipinski definition) is 5. The van der Waals surface area contributed by atoms with Gasteiger partial charge in [0.05, 0.1) is 11.7 Å². The van der Waals surface area contributed by atoms with Gasteiger partial charge in [-0.05, 0) is 56.2 Å². The Kier molecular flexibility index (Phi) is 4.08. The van der Waals surface area contributed by atoms with E-state index in [0.717, 1.165) is 22.0 Å². The lowest BCUT2D eigenvalue weighted by Gasteiger charge is -2.09. The molecule has 3 aromatic rings. The van der Waals surface area contributed by atoms with Crippen molar-refractivity contribution in [3.05, 3.63) is 58.7 Å². The molecule has 3 rings (SSSR count). The zero-order valence-electron chi connectivity index (χ0n) is 13.8. The Bertz CT molecular complexity index is 949. The zero-order chi connectivity index (χ0) is 17.3. The van der Waals surface area contributed by atoms with E-state index in [1.807, 2.05) is 19.9 Å². The Morgan fingerprint density at radius 3 is 2.54 bits per heavy atom. The highest BCUT2D eigenvalue weighted by Gasteiger charge is 2.06. The fourth-order valence-electron chi connectivity index (χ4n) is 2.71. The van der Waals surface area contributed by atoms with Crippen molar-refractivity contribution in [3.8, 4) is 11.5 Å². The number of pyridine rings is 1. The maximum absolute atomic E-state index is 9.74. The van der Waals surface area contributed by atoms with E-state index in [0.29, 0.717) is 11.4 Å². The van der Waals surface area contributed by atoms with Crippen LogP contribution in [0.4, 0.5) is 5.82 Å². The monoisotopic (exact) mass is 321 g/mol. The third-order valence-electron chi connectivity index (χ3n) is 3.85. The number of aryl methyl sites for hydroxylation is 3. The average Bonchev–Trinajstić information content (AvgIpc) is 2.51. The third kappa shape index (κ3) is 3.15. The van der Waals surface area contributed by atoms with E-state index in [2.05, 4.69) is 34.6 Å². The molecule has 0 aliphatic carbocycles. The number of rotatable bonds is 3. The molecule has 0 bridgehead atoms. The molecular formula is C19H19N3O2. The van der Waals surface area contributed by atoms with Crippen LogP contribution in [0.25, 0.3) is 10.9 Å². The SMILES string of the molecule is Cc1cc(C)c2nc(N/N=C/c3ccc(O)cc3O)cc(C)c2c1. The van der Waals surface area contributed by atoms with Crippen molar-refractivity contribution in [1.29, 1.82) is 0 Å². The molecule has 24 heavy (non-hydrogen) atoms. The predicted octanol–water partition coefficient (Wildman–Crippen LogP) is 4.02. The van der Waals surface area contributed by atoms with Gasteiger partial charge in [0, 0.05) is 17.0 Å². The van der Waals surface area contributed by atoms with Crippen LogP contribution in [0.2, 0.25) is 0 Å². The van der Waals surface area contributed by atoms with Crippen molar-refractivity contribution >= 4 is 22.9 Å². The van der Waals surface area contributed by atoms with Gasteiger partial charge in [-0.25, -0.2) is 4.98 Å². The van der Waals surface area contributed by atoms with Gasteiger partial charge in [0.1, 0.15) is 17.3 Å². The van der Waals surface area contributed by atoms with Gasteiger partial charge >= 0.3 is 0 Å². The summed E-state index contributed by atoms with van der Waals surface area (Å²) in [5.74, 6) is 0.617. The third-order valence-corrected chi connectivity index (χ3v) is 3.85. The molecule has 5 heteroatoms. The molecule has 0 saturated heterocycles. The van der Waals surface area contributed by atoms with Crippen LogP contribution in [0.5, 0.6) is 11.5 Å². The first kappa shape index (κ1) is 15.8. The number of phenolic OH excluding ortho intramolecular Hbond substituents is 2. The van der Waals surface area contributed by atoms with Crippen LogP contribution in [0, 0.1) is 20.8 Å². The molecule has 1 aromatic heterocycles. The van der Waals surface area contributed by atoms with E-state index >= 15 is 0 Å². The molecule has 3 N–H and O–H groups in total. The molecule has 0 fully saturated rings. The molecule has 0 radical (unpaired) electrons. The lowest BCUT2D eigenvalue weighted by molar-refractivity contribution is 0.450. The van der Waals surface area contributed by atoms with Gasteiger partial charge in [0.15, 0.2) is 0 Å². The fraction of sp³-hybridized carbons (Fsp3) is 0.158. The minimum absolute atomic E-state index is 0.00944. The van der Waals surface area contributed by atoms with Crippen molar-refractivity contribution in [2.75, 3.05) is 5.43 Å². The van der Waals surface area contributed by atoms with Gasteiger partial charge in [-0.2, -0.15) is 5.10 Å². The highest BCUT2D eigenvalue weighted by atomic mass is 16.3. The van der Waals surface area contributed by atoms with Crippen LogP contribution in [0.15, 0.2) is 41.5 Å². The van der Waals surface area contributed by atoms with Crippen LogP contribution in [0.1, 0.15) is 22.3 Å². The van der Waals surface area contributed by atoms with Gasteiger partial charge < -0.3 is 10.2 Å². The van der Waals surface area contributed by atoms with E-state index in [-0.39, 0.29) is 11.5 Å². The molecule has 5 nitrogen and oxygen atoms in total. The van der Waals surface area contributed by atoms with Crippen LogP contribution in [-0.4, -0.2) is 21.4 Å². The first-order chi connectivity index (χ1) is 11.4. The Morgan fingerprint density at radius 2 is 1.79 bits per heavy atom. The molecule has 2 aromatic carbocycles. The number of benzene rings is 2. The summed E-state index contributed by atoms with van der Waals surface area (Å²) in [5.41, 5.74) is 7.81. The summed E-state index contributed by atoms with van der Waals surface area (Å²) in [7, 11) is 0. The van der Waals surface area contributed by atoms with Gasteiger partial charge in [0.2, 0.25) is 0 Å². The molecule has 0 aliphatic rings. The highest BCUT2D eigenvalue weighted by Crippen LogP contribution is 2.25. The predicted molar refractivity (Wildman–Crippen MR) is 96.9 cm³/mol. The molecule has 122 valence electrons. The lowest BCUT2D eigenvalue weighted by atomic mass is 10.0. The Morgan fingerprint density at radius 1 is 1.00 bits per heavy atom. The summed E-state index contributed by atoms with van der Waals surface area (Å²) in [5, 5.41) is 24.3. The van der Waals surface area contributed by atoms with E-state index in [1.165, 1.54) is 23.9 Å². The van der Waals surface area contributed by atoms with Crippen molar-refractivity contribution in [3.63, 3.8) is 0 Å². The molecule has 0 amide bonds. The molecule has 0 spiro atoms. The number of phenols is 2. The van der Waals surface area contributed by atoms with Crippen LogP contribution in [0.3, 0.4) is 0 Å². The standard InChI is InChI=1S/C19H19N3O2/c1-11-6-13(3)19-16(7-11)12(2)8-18(21-19)22-20-10-14-4-5-15(23)9-17(14)24/h4-10,23-24H,1-3H3,(H,21,22)/b20-10+.